The zero-order valence-electron chi connectivity index (χ0n) is 7.68. The van der Waals surface area contributed by atoms with E-state index in [2.05, 4.69) is 4.98 Å². The fourth-order valence-corrected chi connectivity index (χ4v) is 1.82. The van der Waals surface area contributed by atoms with Crippen LogP contribution in [0.5, 0.6) is 10.9 Å². The van der Waals surface area contributed by atoms with Gasteiger partial charge in [-0.3, -0.25) is 0 Å². The number of aliphatic hydroxyl groups excluding tert-OH is 1. The molecule has 3 nitrogen and oxygen atoms in total. The number of halogens is 1. The number of hydrogen-bond donors (Lipinski definition) is 1. The molecule has 0 amide bonds. The first-order chi connectivity index (χ1) is 7.28. The van der Waals surface area contributed by atoms with E-state index in [-0.39, 0.29) is 6.61 Å². The monoisotopic (exact) mass is 241 g/mol. The third-order valence-corrected chi connectivity index (χ3v) is 2.73. The second-order valence-electron chi connectivity index (χ2n) is 2.82. The van der Waals surface area contributed by atoms with Gasteiger partial charge in [-0.25, -0.2) is 4.98 Å². The van der Waals surface area contributed by atoms with Crippen molar-refractivity contribution in [3.63, 3.8) is 0 Å². The molecule has 2 rings (SSSR count). The standard InChI is InChI=1S/C10H8ClNO2S/c11-7-1-3-9(4-2-7)14-10-12-8(5-13)6-15-10/h1-4,6,13H,5H2. The van der Waals surface area contributed by atoms with Crippen LogP contribution in [0.3, 0.4) is 0 Å². The van der Waals surface area contributed by atoms with E-state index < -0.39 is 0 Å². The highest BCUT2D eigenvalue weighted by atomic mass is 35.5. The molecule has 1 N–H and O–H groups in total. The summed E-state index contributed by atoms with van der Waals surface area (Å²) in [6, 6.07) is 7.03. The number of nitrogens with zero attached hydrogens (tertiary/aromatic N) is 1. The van der Waals surface area contributed by atoms with E-state index in [9.17, 15) is 0 Å². The summed E-state index contributed by atoms with van der Waals surface area (Å²) >= 11 is 7.09. The van der Waals surface area contributed by atoms with Crippen LogP contribution in [0.15, 0.2) is 29.6 Å². The highest BCUT2D eigenvalue weighted by molar-refractivity contribution is 7.11. The normalized spacial score (nSPS) is 10.3. The van der Waals surface area contributed by atoms with Gasteiger partial charge in [0.25, 0.3) is 5.19 Å². The molecule has 78 valence electrons. The third kappa shape index (κ3) is 2.68. The average Bonchev–Trinajstić information content (AvgIpc) is 2.69. The van der Waals surface area contributed by atoms with Crippen LogP contribution in [0.1, 0.15) is 5.69 Å². The van der Waals surface area contributed by atoms with Gasteiger partial charge < -0.3 is 9.84 Å². The number of ether oxygens (including phenoxy) is 1. The van der Waals surface area contributed by atoms with Crippen LogP contribution in [-0.4, -0.2) is 10.1 Å². The van der Waals surface area contributed by atoms with Crippen LogP contribution in [-0.2, 0) is 6.61 Å². The maximum absolute atomic E-state index is 8.82. The van der Waals surface area contributed by atoms with Crippen molar-refractivity contribution in [3.8, 4) is 10.9 Å². The van der Waals surface area contributed by atoms with Gasteiger partial charge >= 0.3 is 0 Å². The van der Waals surface area contributed by atoms with Crippen LogP contribution in [0, 0.1) is 0 Å². The number of aromatic nitrogens is 1. The van der Waals surface area contributed by atoms with Gasteiger partial charge in [-0.1, -0.05) is 22.9 Å². The zero-order valence-corrected chi connectivity index (χ0v) is 9.26. The largest absolute Gasteiger partial charge is 0.431 e. The van der Waals surface area contributed by atoms with Crippen LogP contribution in [0.25, 0.3) is 0 Å². The second-order valence-corrected chi connectivity index (χ2v) is 4.08. The highest BCUT2D eigenvalue weighted by Gasteiger charge is 2.03. The molecule has 0 aliphatic carbocycles. The van der Waals surface area contributed by atoms with Gasteiger partial charge in [0.2, 0.25) is 0 Å². The molecule has 0 atom stereocenters. The van der Waals surface area contributed by atoms with Crippen LogP contribution in [0.2, 0.25) is 5.02 Å². The Labute approximate surface area is 95.9 Å². The molecule has 1 aromatic heterocycles. The molecule has 0 saturated heterocycles. The molecular formula is C10H8ClNO2S. The number of aliphatic hydroxyl groups is 1. The van der Waals surface area contributed by atoms with Crippen molar-refractivity contribution >= 4 is 22.9 Å². The van der Waals surface area contributed by atoms with Gasteiger partial charge in [-0.15, -0.1) is 0 Å². The summed E-state index contributed by atoms with van der Waals surface area (Å²) in [7, 11) is 0. The molecule has 0 aliphatic rings. The molecule has 0 radical (unpaired) electrons. The summed E-state index contributed by atoms with van der Waals surface area (Å²) in [5.41, 5.74) is 0.615. The highest BCUT2D eigenvalue weighted by Crippen LogP contribution is 2.25. The van der Waals surface area contributed by atoms with Crippen LogP contribution < -0.4 is 4.74 Å². The van der Waals surface area contributed by atoms with Crippen LogP contribution in [0.4, 0.5) is 0 Å². The topological polar surface area (TPSA) is 42.4 Å². The molecule has 0 saturated carbocycles. The minimum absolute atomic E-state index is 0.0690. The Balaban J connectivity index is 2.11. The number of hydrogen-bond acceptors (Lipinski definition) is 4. The van der Waals surface area contributed by atoms with Crippen molar-refractivity contribution in [3.05, 3.63) is 40.4 Å². The van der Waals surface area contributed by atoms with Crippen molar-refractivity contribution in [2.45, 2.75) is 6.61 Å². The van der Waals surface area contributed by atoms with E-state index in [1.165, 1.54) is 11.3 Å². The van der Waals surface area contributed by atoms with E-state index in [4.69, 9.17) is 21.4 Å². The summed E-state index contributed by atoms with van der Waals surface area (Å²) in [6.45, 7) is -0.0690. The maximum atomic E-state index is 8.82. The van der Waals surface area contributed by atoms with E-state index in [0.29, 0.717) is 21.7 Å². The lowest BCUT2D eigenvalue weighted by Gasteiger charge is -2.00. The Bertz CT molecular complexity index is 441. The molecule has 0 unspecified atom stereocenters. The van der Waals surface area contributed by atoms with Gasteiger partial charge in [0, 0.05) is 10.4 Å². The Hall–Kier alpha value is -1.10. The molecule has 0 fully saturated rings. The van der Waals surface area contributed by atoms with Crippen molar-refractivity contribution < 1.29 is 9.84 Å². The fourth-order valence-electron chi connectivity index (χ4n) is 1.01. The predicted octanol–water partition coefficient (Wildman–Crippen LogP) is 3.08. The lowest BCUT2D eigenvalue weighted by molar-refractivity contribution is 0.276. The van der Waals surface area contributed by atoms with Gasteiger partial charge in [0.1, 0.15) is 5.75 Å². The molecule has 1 aromatic carbocycles. The van der Waals surface area contributed by atoms with E-state index in [0.717, 1.165) is 0 Å². The minimum atomic E-state index is -0.0690. The summed E-state index contributed by atoms with van der Waals surface area (Å²) in [5, 5.41) is 11.8. The Kier molecular flexibility index (Phi) is 3.20. The van der Waals surface area contributed by atoms with Crippen molar-refractivity contribution in [2.75, 3.05) is 0 Å². The summed E-state index contributed by atoms with van der Waals surface area (Å²) in [5.74, 6) is 0.679. The first-order valence-electron chi connectivity index (χ1n) is 4.26. The quantitative estimate of drug-likeness (QED) is 0.898. The molecule has 0 aliphatic heterocycles. The first kappa shape index (κ1) is 10.4. The molecule has 2 aromatic rings. The van der Waals surface area contributed by atoms with Gasteiger partial charge in [-0.05, 0) is 24.3 Å². The lowest BCUT2D eigenvalue weighted by atomic mass is 10.3. The average molecular weight is 242 g/mol. The number of rotatable bonds is 3. The molecule has 0 spiro atoms. The minimum Gasteiger partial charge on any atom is -0.431 e. The van der Waals surface area contributed by atoms with E-state index in [1.54, 1.807) is 29.6 Å². The van der Waals surface area contributed by atoms with Gasteiger partial charge in [0.05, 0.1) is 12.3 Å². The fraction of sp³-hybridized carbons (Fsp3) is 0.100. The molecule has 0 bridgehead atoms. The molecular weight excluding hydrogens is 234 g/mol. The lowest BCUT2D eigenvalue weighted by Crippen LogP contribution is -1.85. The van der Waals surface area contributed by atoms with Crippen molar-refractivity contribution in [2.24, 2.45) is 0 Å². The Morgan fingerprint density at radius 1 is 1.33 bits per heavy atom. The third-order valence-electron chi connectivity index (χ3n) is 1.71. The Morgan fingerprint density at radius 3 is 2.67 bits per heavy atom. The van der Waals surface area contributed by atoms with Crippen molar-refractivity contribution in [1.29, 1.82) is 0 Å². The van der Waals surface area contributed by atoms with Gasteiger partial charge in [-0.2, -0.15) is 0 Å². The van der Waals surface area contributed by atoms with E-state index in [1.807, 2.05) is 0 Å². The smallest absolute Gasteiger partial charge is 0.278 e. The number of benzene rings is 1. The van der Waals surface area contributed by atoms with Gasteiger partial charge in [0.15, 0.2) is 0 Å². The molecule has 15 heavy (non-hydrogen) atoms. The first-order valence-corrected chi connectivity index (χ1v) is 5.52. The Morgan fingerprint density at radius 2 is 2.07 bits per heavy atom. The second kappa shape index (κ2) is 4.61. The molecule has 5 heteroatoms. The maximum Gasteiger partial charge on any atom is 0.278 e. The van der Waals surface area contributed by atoms with Crippen LogP contribution >= 0.6 is 22.9 Å². The summed E-state index contributed by atoms with van der Waals surface area (Å²) in [6.07, 6.45) is 0. The predicted molar refractivity (Wildman–Crippen MR) is 59.6 cm³/mol. The van der Waals surface area contributed by atoms with E-state index >= 15 is 0 Å². The number of thiazole rings is 1. The SMILES string of the molecule is OCc1csc(Oc2ccc(Cl)cc2)n1. The zero-order chi connectivity index (χ0) is 10.7. The van der Waals surface area contributed by atoms with Crippen molar-refractivity contribution in [1.82, 2.24) is 4.98 Å². The summed E-state index contributed by atoms with van der Waals surface area (Å²) < 4.78 is 5.45. The molecule has 1 heterocycles. The summed E-state index contributed by atoms with van der Waals surface area (Å²) in [4.78, 5) is 4.06.